The fourth-order valence-corrected chi connectivity index (χ4v) is 2.15. The first kappa shape index (κ1) is 15.5. The Bertz CT molecular complexity index is 576. The molecule has 0 fully saturated rings. The Morgan fingerprint density at radius 1 is 0.857 bits per heavy atom. The summed E-state index contributed by atoms with van der Waals surface area (Å²) in [5.74, 6) is -2.95. The lowest BCUT2D eigenvalue weighted by molar-refractivity contribution is 0.507. The molecule has 0 bridgehead atoms. The van der Waals surface area contributed by atoms with Crippen LogP contribution in [0.5, 0.6) is 0 Å². The molecule has 0 heterocycles. The third-order valence-corrected chi connectivity index (χ3v) is 3.15. The average Bonchev–Trinajstić information content (AvgIpc) is 2.42. The van der Waals surface area contributed by atoms with Crippen LogP contribution in [-0.4, -0.2) is 6.54 Å². The zero-order valence-corrected chi connectivity index (χ0v) is 11.5. The third-order valence-electron chi connectivity index (χ3n) is 3.15. The van der Waals surface area contributed by atoms with E-state index in [2.05, 4.69) is 5.32 Å². The van der Waals surface area contributed by atoms with Gasteiger partial charge in [0, 0.05) is 23.3 Å². The smallest absolute Gasteiger partial charge is 0.131 e. The standard InChI is InChI=1S/C16H15F4N/c1-2-7-21-16(12-5-3-10(17)8-14(12)19)13-6-4-11(18)9-15(13)20/h3-6,8-9,16,21H,2,7H2,1H3. The molecule has 0 unspecified atom stereocenters. The van der Waals surface area contributed by atoms with E-state index in [1.807, 2.05) is 6.92 Å². The minimum Gasteiger partial charge on any atom is -0.306 e. The van der Waals surface area contributed by atoms with Gasteiger partial charge in [0.25, 0.3) is 0 Å². The van der Waals surface area contributed by atoms with Crippen molar-refractivity contribution in [3.05, 3.63) is 70.8 Å². The summed E-state index contributed by atoms with van der Waals surface area (Å²) in [7, 11) is 0. The average molecular weight is 297 g/mol. The molecule has 0 aromatic heterocycles. The van der Waals surface area contributed by atoms with Crippen LogP contribution in [-0.2, 0) is 0 Å². The van der Waals surface area contributed by atoms with Crippen molar-refractivity contribution in [2.75, 3.05) is 6.54 Å². The molecule has 0 aliphatic heterocycles. The normalized spacial score (nSPS) is 11.1. The highest BCUT2D eigenvalue weighted by Gasteiger charge is 2.21. The van der Waals surface area contributed by atoms with E-state index in [4.69, 9.17) is 0 Å². The molecule has 1 nitrogen and oxygen atoms in total. The van der Waals surface area contributed by atoms with Crippen LogP contribution in [0.25, 0.3) is 0 Å². The fourth-order valence-electron chi connectivity index (χ4n) is 2.15. The maximum Gasteiger partial charge on any atom is 0.131 e. The second-order valence-electron chi connectivity index (χ2n) is 4.72. The molecule has 112 valence electrons. The van der Waals surface area contributed by atoms with Gasteiger partial charge >= 0.3 is 0 Å². The van der Waals surface area contributed by atoms with E-state index < -0.39 is 29.3 Å². The summed E-state index contributed by atoms with van der Waals surface area (Å²) in [4.78, 5) is 0. The summed E-state index contributed by atoms with van der Waals surface area (Å²) in [5.41, 5.74) is 0.241. The zero-order chi connectivity index (χ0) is 15.4. The first-order valence-corrected chi connectivity index (χ1v) is 6.66. The van der Waals surface area contributed by atoms with Crippen molar-refractivity contribution in [1.29, 1.82) is 0 Å². The van der Waals surface area contributed by atoms with Crippen molar-refractivity contribution in [2.45, 2.75) is 19.4 Å². The molecule has 2 rings (SSSR count). The quantitative estimate of drug-likeness (QED) is 0.810. The zero-order valence-electron chi connectivity index (χ0n) is 11.5. The van der Waals surface area contributed by atoms with E-state index in [0.717, 1.165) is 30.7 Å². The van der Waals surface area contributed by atoms with E-state index in [0.29, 0.717) is 6.54 Å². The molecule has 0 aliphatic rings. The third kappa shape index (κ3) is 3.61. The van der Waals surface area contributed by atoms with Crippen LogP contribution in [0.15, 0.2) is 36.4 Å². The Kier molecular flexibility index (Phi) is 4.96. The largest absolute Gasteiger partial charge is 0.306 e. The Hall–Kier alpha value is -1.88. The molecule has 0 saturated heterocycles. The molecular formula is C16H15F4N. The predicted octanol–water partition coefficient (Wildman–Crippen LogP) is 4.33. The van der Waals surface area contributed by atoms with Crippen LogP contribution in [0.3, 0.4) is 0 Å². The molecule has 1 N–H and O–H groups in total. The molecule has 0 atom stereocenters. The second-order valence-corrected chi connectivity index (χ2v) is 4.72. The van der Waals surface area contributed by atoms with Gasteiger partial charge in [0.2, 0.25) is 0 Å². The number of rotatable bonds is 5. The van der Waals surface area contributed by atoms with E-state index in [9.17, 15) is 17.6 Å². The number of hydrogen-bond donors (Lipinski definition) is 1. The lowest BCUT2D eigenvalue weighted by Gasteiger charge is -2.20. The molecule has 0 saturated carbocycles. The van der Waals surface area contributed by atoms with Gasteiger partial charge in [-0.25, -0.2) is 17.6 Å². The SMILES string of the molecule is CCCNC(c1ccc(F)cc1F)c1ccc(F)cc1F. The first-order valence-electron chi connectivity index (χ1n) is 6.66. The topological polar surface area (TPSA) is 12.0 Å². The summed E-state index contributed by atoms with van der Waals surface area (Å²) in [6.07, 6.45) is 0.752. The number of halogens is 4. The summed E-state index contributed by atoms with van der Waals surface area (Å²) in [6.45, 7) is 2.42. The minimum atomic E-state index is -0.800. The first-order chi connectivity index (χ1) is 10.0. The van der Waals surface area contributed by atoms with Crippen LogP contribution in [0.1, 0.15) is 30.5 Å². The molecule has 0 aliphatic carbocycles. The van der Waals surface area contributed by atoms with Gasteiger partial charge in [-0.15, -0.1) is 0 Å². The van der Waals surface area contributed by atoms with Crippen molar-refractivity contribution in [3.63, 3.8) is 0 Å². The monoisotopic (exact) mass is 297 g/mol. The Morgan fingerprint density at radius 3 is 1.71 bits per heavy atom. The minimum absolute atomic E-state index is 0.121. The molecule has 0 spiro atoms. The summed E-state index contributed by atoms with van der Waals surface area (Å²) >= 11 is 0. The van der Waals surface area contributed by atoms with Crippen molar-refractivity contribution in [3.8, 4) is 0 Å². The fraction of sp³-hybridized carbons (Fsp3) is 0.250. The molecule has 0 radical (unpaired) electrons. The van der Waals surface area contributed by atoms with E-state index in [1.54, 1.807) is 0 Å². The van der Waals surface area contributed by atoms with Gasteiger partial charge in [-0.1, -0.05) is 19.1 Å². The van der Waals surface area contributed by atoms with Gasteiger partial charge in [-0.3, -0.25) is 0 Å². The lowest BCUT2D eigenvalue weighted by Crippen LogP contribution is -2.25. The molecule has 2 aromatic carbocycles. The van der Waals surface area contributed by atoms with E-state index >= 15 is 0 Å². The van der Waals surface area contributed by atoms with Gasteiger partial charge < -0.3 is 5.32 Å². The highest BCUT2D eigenvalue weighted by Crippen LogP contribution is 2.27. The van der Waals surface area contributed by atoms with Gasteiger partial charge in [0.05, 0.1) is 6.04 Å². The summed E-state index contributed by atoms with van der Waals surface area (Å²) < 4.78 is 53.9. The van der Waals surface area contributed by atoms with Crippen LogP contribution < -0.4 is 5.32 Å². The van der Waals surface area contributed by atoms with Gasteiger partial charge in [-0.05, 0) is 25.1 Å². The maximum absolute atomic E-state index is 13.9. The highest BCUT2D eigenvalue weighted by molar-refractivity contribution is 5.34. The van der Waals surface area contributed by atoms with Crippen LogP contribution >= 0.6 is 0 Å². The maximum atomic E-state index is 13.9. The number of nitrogens with one attached hydrogen (secondary N) is 1. The van der Waals surface area contributed by atoms with Crippen LogP contribution in [0.2, 0.25) is 0 Å². The van der Waals surface area contributed by atoms with E-state index in [-0.39, 0.29) is 11.1 Å². The molecule has 0 amide bonds. The highest BCUT2D eigenvalue weighted by atomic mass is 19.1. The Morgan fingerprint density at radius 2 is 1.33 bits per heavy atom. The summed E-state index contributed by atoms with van der Waals surface area (Å²) in [5, 5.41) is 3.00. The Balaban J connectivity index is 2.46. The predicted molar refractivity (Wildman–Crippen MR) is 72.9 cm³/mol. The van der Waals surface area contributed by atoms with Gasteiger partial charge in [-0.2, -0.15) is 0 Å². The van der Waals surface area contributed by atoms with Crippen molar-refractivity contribution < 1.29 is 17.6 Å². The van der Waals surface area contributed by atoms with Crippen molar-refractivity contribution in [1.82, 2.24) is 5.32 Å². The van der Waals surface area contributed by atoms with E-state index in [1.165, 1.54) is 12.1 Å². The number of hydrogen-bond acceptors (Lipinski definition) is 1. The molecule has 5 heteroatoms. The van der Waals surface area contributed by atoms with Crippen molar-refractivity contribution >= 4 is 0 Å². The van der Waals surface area contributed by atoms with Crippen LogP contribution in [0, 0.1) is 23.3 Å². The Labute approximate surface area is 120 Å². The number of benzene rings is 2. The summed E-state index contributed by atoms with van der Waals surface area (Å²) in [6, 6.07) is 5.45. The molecule has 21 heavy (non-hydrogen) atoms. The van der Waals surface area contributed by atoms with Gasteiger partial charge in [0.1, 0.15) is 23.3 Å². The van der Waals surface area contributed by atoms with Crippen LogP contribution in [0.4, 0.5) is 17.6 Å². The van der Waals surface area contributed by atoms with Gasteiger partial charge in [0.15, 0.2) is 0 Å². The second kappa shape index (κ2) is 6.72. The van der Waals surface area contributed by atoms with Crippen molar-refractivity contribution in [2.24, 2.45) is 0 Å². The molecular weight excluding hydrogens is 282 g/mol. The molecule has 2 aromatic rings. The lowest BCUT2D eigenvalue weighted by atomic mass is 9.97.